The highest BCUT2D eigenvalue weighted by atomic mass is 35.5. The Bertz CT molecular complexity index is 210. The van der Waals surface area contributed by atoms with Gasteiger partial charge in [-0.2, -0.15) is 0 Å². The molecule has 0 aliphatic rings. The van der Waals surface area contributed by atoms with Crippen molar-refractivity contribution in [3.8, 4) is 0 Å². The van der Waals surface area contributed by atoms with E-state index in [1.165, 1.54) is 10.6 Å². The van der Waals surface area contributed by atoms with Gasteiger partial charge in [0.15, 0.2) is 0 Å². The molecule has 0 unspecified atom stereocenters. The van der Waals surface area contributed by atoms with Crippen LogP contribution < -0.4 is 5.32 Å². The fourth-order valence-electron chi connectivity index (χ4n) is 0.913. The van der Waals surface area contributed by atoms with Gasteiger partial charge in [-0.3, -0.25) is 0 Å². The molecule has 0 aromatic heterocycles. The van der Waals surface area contributed by atoms with Crippen LogP contribution in [0.15, 0.2) is 29.2 Å². The molecule has 1 N–H and O–H groups in total. The van der Waals surface area contributed by atoms with Crippen molar-refractivity contribution in [2.24, 2.45) is 0 Å². The third kappa shape index (κ3) is 3.37. The van der Waals surface area contributed by atoms with Crippen LogP contribution in [0.4, 0.5) is 5.69 Å². The van der Waals surface area contributed by atoms with Gasteiger partial charge in [0.05, 0.1) is 0 Å². The minimum Gasteiger partial charge on any atom is -0.385 e. The average Bonchev–Trinajstić information content (AvgIpc) is 2.07. The van der Waals surface area contributed by atoms with Crippen LogP contribution in [0.3, 0.4) is 0 Å². The maximum atomic E-state index is 3.25. The number of benzene rings is 1. The van der Waals surface area contributed by atoms with Crippen LogP contribution in [-0.2, 0) is 0 Å². The molecule has 0 radical (unpaired) electrons. The van der Waals surface area contributed by atoms with E-state index in [0.29, 0.717) is 0 Å². The number of rotatable bonds is 3. The molecule has 0 heterocycles. The van der Waals surface area contributed by atoms with Gasteiger partial charge in [0.25, 0.3) is 0 Å². The Morgan fingerprint density at radius 3 is 2.25 bits per heavy atom. The lowest BCUT2D eigenvalue weighted by Crippen LogP contribution is -1.95. The topological polar surface area (TPSA) is 12.0 Å². The first-order valence-corrected chi connectivity index (χ1v) is 4.97. The molecule has 1 aromatic rings. The third-order valence-electron chi connectivity index (χ3n) is 1.47. The number of anilines is 1. The molecule has 0 amide bonds. The van der Waals surface area contributed by atoms with Gasteiger partial charge in [0, 0.05) is 17.1 Å². The maximum absolute atomic E-state index is 3.25. The number of halogens is 1. The molecule has 1 rings (SSSR count). The molecule has 68 valence electrons. The van der Waals surface area contributed by atoms with E-state index in [1.54, 1.807) is 11.8 Å². The minimum atomic E-state index is 0. The quantitative estimate of drug-likeness (QED) is 0.757. The standard InChI is InChI=1S/C9H13NS.ClH/c1-3-10-8-4-6-9(11-2)7-5-8;/h4-7,10H,3H2,1-2H3;1H. The Kier molecular flexibility index (Phi) is 6.03. The van der Waals surface area contributed by atoms with Crippen LogP contribution in [0.2, 0.25) is 0 Å². The second-order valence-electron chi connectivity index (χ2n) is 2.26. The predicted octanol–water partition coefficient (Wildman–Crippen LogP) is 3.26. The third-order valence-corrected chi connectivity index (χ3v) is 2.21. The summed E-state index contributed by atoms with van der Waals surface area (Å²) in [5.74, 6) is 0. The van der Waals surface area contributed by atoms with E-state index in [-0.39, 0.29) is 12.4 Å². The predicted molar refractivity (Wildman–Crippen MR) is 59.6 cm³/mol. The Morgan fingerprint density at radius 1 is 1.25 bits per heavy atom. The molecule has 0 bridgehead atoms. The van der Waals surface area contributed by atoms with Gasteiger partial charge in [-0.25, -0.2) is 0 Å². The number of thioether (sulfide) groups is 1. The zero-order chi connectivity index (χ0) is 8.10. The lowest BCUT2D eigenvalue weighted by atomic mass is 10.3. The molecule has 0 aliphatic carbocycles. The fraction of sp³-hybridized carbons (Fsp3) is 0.333. The highest BCUT2D eigenvalue weighted by Crippen LogP contribution is 2.16. The van der Waals surface area contributed by atoms with Crippen molar-refractivity contribution in [3.63, 3.8) is 0 Å². The number of hydrogen-bond acceptors (Lipinski definition) is 2. The lowest BCUT2D eigenvalue weighted by Gasteiger charge is -2.02. The summed E-state index contributed by atoms with van der Waals surface area (Å²) in [6.07, 6.45) is 2.09. The largest absolute Gasteiger partial charge is 0.385 e. The van der Waals surface area contributed by atoms with Crippen molar-refractivity contribution in [2.75, 3.05) is 18.1 Å². The zero-order valence-corrected chi connectivity index (χ0v) is 8.97. The Balaban J connectivity index is 0.00000121. The summed E-state index contributed by atoms with van der Waals surface area (Å²) >= 11 is 1.77. The van der Waals surface area contributed by atoms with Gasteiger partial charge in [0.2, 0.25) is 0 Å². The second-order valence-corrected chi connectivity index (χ2v) is 3.14. The first-order chi connectivity index (χ1) is 5.36. The second kappa shape index (κ2) is 6.21. The zero-order valence-electron chi connectivity index (χ0n) is 7.33. The Morgan fingerprint density at radius 2 is 1.83 bits per heavy atom. The van der Waals surface area contributed by atoms with E-state index in [1.807, 2.05) is 0 Å². The fourth-order valence-corrected chi connectivity index (χ4v) is 1.32. The molecule has 0 aliphatic heterocycles. The molecule has 1 nitrogen and oxygen atoms in total. The summed E-state index contributed by atoms with van der Waals surface area (Å²) in [6, 6.07) is 8.47. The van der Waals surface area contributed by atoms with Crippen LogP contribution >= 0.6 is 24.2 Å². The van der Waals surface area contributed by atoms with Crippen LogP contribution in [0.1, 0.15) is 6.92 Å². The highest BCUT2D eigenvalue weighted by Gasteiger charge is 1.89. The highest BCUT2D eigenvalue weighted by molar-refractivity contribution is 7.98. The molecule has 12 heavy (non-hydrogen) atoms. The van der Waals surface area contributed by atoms with Crippen LogP contribution in [0.25, 0.3) is 0 Å². The van der Waals surface area contributed by atoms with Crippen molar-refractivity contribution in [2.45, 2.75) is 11.8 Å². The van der Waals surface area contributed by atoms with Gasteiger partial charge < -0.3 is 5.32 Å². The number of hydrogen-bond donors (Lipinski definition) is 1. The van der Waals surface area contributed by atoms with E-state index in [4.69, 9.17) is 0 Å². The first-order valence-electron chi connectivity index (χ1n) is 3.74. The van der Waals surface area contributed by atoms with Crippen molar-refractivity contribution < 1.29 is 0 Å². The van der Waals surface area contributed by atoms with Crippen LogP contribution in [0, 0.1) is 0 Å². The van der Waals surface area contributed by atoms with E-state index < -0.39 is 0 Å². The van der Waals surface area contributed by atoms with E-state index in [0.717, 1.165) is 6.54 Å². The summed E-state index contributed by atoms with van der Waals surface area (Å²) in [5.41, 5.74) is 1.20. The summed E-state index contributed by atoms with van der Waals surface area (Å²) in [5, 5.41) is 3.25. The molecule has 3 heteroatoms. The molecule has 0 spiro atoms. The first kappa shape index (κ1) is 11.7. The van der Waals surface area contributed by atoms with Gasteiger partial charge in [-0.15, -0.1) is 24.2 Å². The van der Waals surface area contributed by atoms with Crippen LogP contribution in [-0.4, -0.2) is 12.8 Å². The van der Waals surface area contributed by atoms with Gasteiger partial charge in [0.1, 0.15) is 0 Å². The van der Waals surface area contributed by atoms with E-state index >= 15 is 0 Å². The van der Waals surface area contributed by atoms with Gasteiger partial charge in [-0.1, -0.05) is 0 Å². The van der Waals surface area contributed by atoms with Gasteiger partial charge >= 0.3 is 0 Å². The Labute approximate surface area is 84.4 Å². The van der Waals surface area contributed by atoms with Crippen LogP contribution in [0.5, 0.6) is 0 Å². The molecular weight excluding hydrogens is 190 g/mol. The van der Waals surface area contributed by atoms with Crippen molar-refractivity contribution >= 4 is 29.9 Å². The minimum absolute atomic E-state index is 0. The van der Waals surface area contributed by atoms with Crippen molar-refractivity contribution in [3.05, 3.63) is 24.3 Å². The maximum Gasteiger partial charge on any atom is 0.0340 e. The van der Waals surface area contributed by atoms with Gasteiger partial charge in [-0.05, 0) is 37.4 Å². The van der Waals surface area contributed by atoms with E-state index in [2.05, 4.69) is 42.8 Å². The monoisotopic (exact) mass is 203 g/mol. The molecule has 1 aromatic carbocycles. The average molecular weight is 204 g/mol. The lowest BCUT2D eigenvalue weighted by molar-refractivity contribution is 1.21. The molecule has 0 fully saturated rings. The molecule has 0 saturated heterocycles. The number of nitrogens with one attached hydrogen (secondary N) is 1. The Hall–Kier alpha value is -0.340. The molecular formula is C9H14ClNS. The summed E-state index contributed by atoms with van der Waals surface area (Å²) in [6.45, 7) is 3.08. The van der Waals surface area contributed by atoms with E-state index in [9.17, 15) is 0 Å². The van der Waals surface area contributed by atoms with Crippen molar-refractivity contribution in [1.82, 2.24) is 0 Å². The molecule has 0 atom stereocenters. The van der Waals surface area contributed by atoms with Crippen molar-refractivity contribution in [1.29, 1.82) is 0 Å². The smallest absolute Gasteiger partial charge is 0.0340 e. The molecule has 0 saturated carbocycles. The summed E-state index contributed by atoms with van der Waals surface area (Å²) < 4.78 is 0. The summed E-state index contributed by atoms with van der Waals surface area (Å²) in [4.78, 5) is 1.31. The normalized spacial score (nSPS) is 8.83. The SMILES string of the molecule is CCNc1ccc(SC)cc1.Cl. The summed E-state index contributed by atoms with van der Waals surface area (Å²) in [7, 11) is 0.